The van der Waals surface area contributed by atoms with Gasteiger partial charge in [0.05, 0.1) is 6.04 Å². The van der Waals surface area contributed by atoms with Gasteiger partial charge in [-0.1, -0.05) is 38.0 Å². The summed E-state index contributed by atoms with van der Waals surface area (Å²) in [6, 6.07) is 10.8. The van der Waals surface area contributed by atoms with Gasteiger partial charge < -0.3 is 4.74 Å². The van der Waals surface area contributed by atoms with Crippen LogP contribution in [0.2, 0.25) is 0 Å². The maximum Gasteiger partial charge on any atom is 0.216 e. The third-order valence-corrected chi connectivity index (χ3v) is 4.85. The first kappa shape index (κ1) is 12.7. The van der Waals surface area contributed by atoms with Crippen LogP contribution in [0.15, 0.2) is 35.3 Å². The molecule has 1 aliphatic heterocycles. The zero-order valence-corrected chi connectivity index (χ0v) is 11.9. The fourth-order valence-corrected chi connectivity index (χ4v) is 3.50. The van der Waals surface area contributed by atoms with E-state index in [-0.39, 0.29) is 5.60 Å². The molecule has 3 rings (SSSR count). The first-order valence-corrected chi connectivity index (χ1v) is 7.55. The van der Waals surface area contributed by atoms with Crippen molar-refractivity contribution in [3.63, 3.8) is 0 Å². The van der Waals surface area contributed by atoms with Gasteiger partial charge in [-0.25, -0.2) is 4.99 Å². The van der Waals surface area contributed by atoms with Gasteiger partial charge in [-0.15, -0.1) is 0 Å². The van der Waals surface area contributed by atoms with Gasteiger partial charge in [0.2, 0.25) is 5.90 Å². The zero-order chi connectivity index (χ0) is 13.3. The largest absolute Gasteiger partial charge is 0.471 e. The lowest BCUT2D eigenvalue weighted by molar-refractivity contribution is -0.0300. The molecular formula is C17H23NO. The predicted molar refractivity (Wildman–Crippen MR) is 78.5 cm³/mol. The first-order chi connectivity index (χ1) is 9.23. The van der Waals surface area contributed by atoms with E-state index in [0.29, 0.717) is 12.0 Å². The standard InChI is InChI=1S/C17H23NO/c1-3-17(2)14-11-7-8-12-15(14)18-16(19-17)13-9-5-4-6-10-13/h4-6,9-10,14-15H,3,7-8,11-12H2,1-2H3. The highest BCUT2D eigenvalue weighted by Gasteiger charge is 2.45. The summed E-state index contributed by atoms with van der Waals surface area (Å²) in [5.41, 5.74) is 1.07. The number of aliphatic imine (C=N–C) groups is 1. The summed E-state index contributed by atoms with van der Waals surface area (Å²) in [6.07, 6.45) is 6.18. The number of ether oxygens (including phenoxy) is 1. The molecule has 0 saturated heterocycles. The van der Waals surface area contributed by atoms with Crippen molar-refractivity contribution in [2.45, 2.75) is 57.6 Å². The summed E-state index contributed by atoms with van der Waals surface area (Å²) >= 11 is 0. The number of hydrogen-bond acceptors (Lipinski definition) is 2. The van der Waals surface area contributed by atoms with E-state index >= 15 is 0 Å². The molecule has 1 heterocycles. The van der Waals surface area contributed by atoms with Gasteiger partial charge in [-0.3, -0.25) is 0 Å². The summed E-state index contributed by atoms with van der Waals surface area (Å²) in [4.78, 5) is 4.91. The molecule has 0 amide bonds. The molecule has 1 aromatic rings. The van der Waals surface area contributed by atoms with E-state index in [4.69, 9.17) is 9.73 Å². The second kappa shape index (κ2) is 4.99. The van der Waals surface area contributed by atoms with Gasteiger partial charge in [-0.2, -0.15) is 0 Å². The maximum absolute atomic E-state index is 6.33. The summed E-state index contributed by atoms with van der Waals surface area (Å²) < 4.78 is 6.33. The molecule has 1 aromatic carbocycles. The van der Waals surface area contributed by atoms with Gasteiger partial charge in [0.15, 0.2) is 0 Å². The Kier molecular flexibility index (Phi) is 3.34. The van der Waals surface area contributed by atoms with E-state index in [0.717, 1.165) is 17.9 Å². The number of nitrogens with zero attached hydrogens (tertiary/aromatic N) is 1. The molecule has 0 spiro atoms. The zero-order valence-electron chi connectivity index (χ0n) is 11.9. The molecule has 0 radical (unpaired) electrons. The Hall–Kier alpha value is -1.31. The molecule has 0 N–H and O–H groups in total. The summed E-state index contributed by atoms with van der Waals surface area (Å²) in [5, 5.41) is 0. The molecule has 3 unspecified atom stereocenters. The number of fused-ring (bicyclic) bond motifs is 1. The second-order valence-corrected chi connectivity index (χ2v) is 6.03. The summed E-state index contributed by atoms with van der Waals surface area (Å²) in [7, 11) is 0. The van der Waals surface area contributed by atoms with Crippen molar-refractivity contribution in [3.05, 3.63) is 35.9 Å². The minimum Gasteiger partial charge on any atom is -0.471 e. The SMILES string of the molecule is CCC1(C)OC(c2ccccc2)=NC2CCCCC21. The highest BCUT2D eigenvalue weighted by Crippen LogP contribution is 2.42. The molecule has 2 aliphatic rings. The van der Waals surface area contributed by atoms with Crippen LogP contribution in [0.1, 0.15) is 51.5 Å². The van der Waals surface area contributed by atoms with E-state index in [1.807, 2.05) is 6.07 Å². The van der Waals surface area contributed by atoms with Crippen LogP contribution in [0, 0.1) is 5.92 Å². The first-order valence-electron chi connectivity index (χ1n) is 7.55. The third-order valence-electron chi connectivity index (χ3n) is 4.85. The smallest absolute Gasteiger partial charge is 0.216 e. The lowest BCUT2D eigenvalue weighted by Crippen LogP contribution is -2.49. The minimum absolute atomic E-state index is 0.0436. The Bertz CT molecular complexity index is 467. The van der Waals surface area contributed by atoms with Gasteiger partial charge in [-0.05, 0) is 38.3 Å². The van der Waals surface area contributed by atoms with Gasteiger partial charge >= 0.3 is 0 Å². The van der Waals surface area contributed by atoms with Gasteiger partial charge in [0.25, 0.3) is 0 Å². The molecule has 1 fully saturated rings. The molecule has 2 heteroatoms. The van der Waals surface area contributed by atoms with Crippen molar-refractivity contribution in [1.82, 2.24) is 0 Å². The van der Waals surface area contributed by atoms with Crippen LogP contribution < -0.4 is 0 Å². The van der Waals surface area contributed by atoms with E-state index in [1.54, 1.807) is 0 Å². The van der Waals surface area contributed by atoms with Crippen LogP contribution in [0.25, 0.3) is 0 Å². The summed E-state index contributed by atoms with van der Waals surface area (Å²) in [6.45, 7) is 4.51. The average Bonchev–Trinajstić information content (AvgIpc) is 2.48. The molecule has 19 heavy (non-hydrogen) atoms. The molecule has 102 valence electrons. The topological polar surface area (TPSA) is 21.6 Å². The second-order valence-electron chi connectivity index (χ2n) is 6.03. The Morgan fingerprint density at radius 1 is 1.21 bits per heavy atom. The number of hydrogen-bond donors (Lipinski definition) is 0. The Morgan fingerprint density at radius 2 is 1.95 bits per heavy atom. The van der Waals surface area contributed by atoms with E-state index in [2.05, 4.69) is 38.1 Å². The van der Waals surface area contributed by atoms with Gasteiger partial charge in [0, 0.05) is 11.5 Å². The third kappa shape index (κ3) is 2.29. The Morgan fingerprint density at radius 3 is 2.68 bits per heavy atom. The molecule has 1 aliphatic carbocycles. The molecule has 0 aromatic heterocycles. The fourth-order valence-electron chi connectivity index (χ4n) is 3.50. The molecule has 1 saturated carbocycles. The van der Waals surface area contributed by atoms with E-state index in [9.17, 15) is 0 Å². The normalized spacial score (nSPS) is 34.1. The quantitative estimate of drug-likeness (QED) is 0.778. The predicted octanol–water partition coefficient (Wildman–Crippen LogP) is 4.19. The van der Waals surface area contributed by atoms with Crippen molar-refractivity contribution in [1.29, 1.82) is 0 Å². The van der Waals surface area contributed by atoms with Crippen molar-refractivity contribution >= 4 is 5.90 Å². The van der Waals surface area contributed by atoms with Crippen LogP contribution in [-0.2, 0) is 4.74 Å². The van der Waals surface area contributed by atoms with Crippen LogP contribution in [0.4, 0.5) is 0 Å². The van der Waals surface area contributed by atoms with Gasteiger partial charge in [0.1, 0.15) is 5.60 Å². The molecule has 3 atom stereocenters. The van der Waals surface area contributed by atoms with Crippen LogP contribution >= 0.6 is 0 Å². The minimum atomic E-state index is -0.0436. The van der Waals surface area contributed by atoms with E-state index < -0.39 is 0 Å². The highest BCUT2D eigenvalue weighted by molar-refractivity contribution is 5.95. The molecule has 0 bridgehead atoms. The highest BCUT2D eigenvalue weighted by atomic mass is 16.5. The summed E-state index contributed by atoms with van der Waals surface area (Å²) in [5.74, 6) is 1.45. The van der Waals surface area contributed by atoms with Crippen molar-refractivity contribution in [3.8, 4) is 0 Å². The fraction of sp³-hybridized carbons (Fsp3) is 0.588. The number of benzene rings is 1. The maximum atomic E-state index is 6.33. The lowest BCUT2D eigenvalue weighted by Gasteiger charge is -2.46. The Labute approximate surface area is 115 Å². The number of rotatable bonds is 2. The monoisotopic (exact) mass is 257 g/mol. The van der Waals surface area contributed by atoms with Crippen molar-refractivity contribution in [2.75, 3.05) is 0 Å². The van der Waals surface area contributed by atoms with E-state index in [1.165, 1.54) is 25.7 Å². The van der Waals surface area contributed by atoms with Crippen LogP contribution in [-0.4, -0.2) is 17.5 Å². The van der Waals surface area contributed by atoms with Crippen molar-refractivity contribution in [2.24, 2.45) is 10.9 Å². The average molecular weight is 257 g/mol. The Balaban J connectivity index is 1.96. The van der Waals surface area contributed by atoms with Crippen LogP contribution in [0.5, 0.6) is 0 Å². The van der Waals surface area contributed by atoms with Crippen LogP contribution in [0.3, 0.4) is 0 Å². The molecular weight excluding hydrogens is 234 g/mol. The lowest BCUT2D eigenvalue weighted by atomic mass is 9.72. The molecule has 2 nitrogen and oxygen atoms in total. The van der Waals surface area contributed by atoms with Crippen molar-refractivity contribution < 1.29 is 4.74 Å².